The first-order valence-corrected chi connectivity index (χ1v) is 5.68. The molecular weight excluding hydrogens is 218 g/mol. The average Bonchev–Trinajstić information content (AvgIpc) is 2.52. The van der Waals surface area contributed by atoms with Crippen molar-refractivity contribution in [2.45, 2.75) is 27.3 Å². The topological polar surface area (TPSA) is 67.2 Å². The van der Waals surface area contributed by atoms with Crippen molar-refractivity contribution in [3.63, 3.8) is 0 Å². The summed E-state index contributed by atoms with van der Waals surface area (Å²) in [6, 6.07) is 0. The quantitative estimate of drug-likeness (QED) is 0.761. The maximum atomic E-state index is 11.8. The van der Waals surface area contributed by atoms with E-state index in [2.05, 4.69) is 15.6 Å². The van der Waals surface area contributed by atoms with Crippen LogP contribution in [-0.4, -0.2) is 24.0 Å². The molecule has 1 fully saturated rings. The average molecular weight is 235 g/mol. The summed E-state index contributed by atoms with van der Waals surface area (Å²) in [5.74, 6) is 1.31. The number of carbonyl (C=O) groups is 1. The second-order valence-electron chi connectivity index (χ2n) is 4.26. The van der Waals surface area contributed by atoms with Crippen LogP contribution in [0.4, 0.5) is 0 Å². The molecule has 0 aromatic carbocycles. The molecule has 1 aliphatic heterocycles. The van der Waals surface area contributed by atoms with Gasteiger partial charge in [0.15, 0.2) is 0 Å². The van der Waals surface area contributed by atoms with E-state index in [0.29, 0.717) is 12.4 Å². The Labute approximate surface area is 100 Å². The van der Waals surface area contributed by atoms with Gasteiger partial charge in [0.25, 0.3) is 0 Å². The van der Waals surface area contributed by atoms with Gasteiger partial charge in [-0.2, -0.15) is 0 Å². The Hall–Kier alpha value is -1.62. The summed E-state index contributed by atoms with van der Waals surface area (Å²) in [6.45, 7) is 7.56. The van der Waals surface area contributed by atoms with Crippen molar-refractivity contribution in [3.05, 3.63) is 28.5 Å². The van der Waals surface area contributed by atoms with E-state index in [1.807, 2.05) is 20.8 Å². The van der Waals surface area contributed by atoms with Crippen LogP contribution < -0.4 is 10.6 Å². The van der Waals surface area contributed by atoms with E-state index in [-0.39, 0.29) is 5.91 Å². The molecule has 2 heterocycles. The van der Waals surface area contributed by atoms with Crippen LogP contribution in [0, 0.1) is 13.8 Å². The van der Waals surface area contributed by atoms with Gasteiger partial charge in [-0.1, -0.05) is 0 Å². The lowest BCUT2D eigenvalue weighted by atomic mass is 10.0. The molecule has 0 spiro atoms. The molecule has 0 aliphatic carbocycles. The zero-order valence-electron chi connectivity index (χ0n) is 10.4. The van der Waals surface area contributed by atoms with Gasteiger partial charge in [0.1, 0.15) is 5.76 Å². The van der Waals surface area contributed by atoms with E-state index in [9.17, 15) is 4.79 Å². The summed E-state index contributed by atoms with van der Waals surface area (Å²) < 4.78 is 5.39. The Morgan fingerprint density at radius 3 is 2.65 bits per heavy atom. The lowest BCUT2D eigenvalue weighted by Gasteiger charge is -2.21. The van der Waals surface area contributed by atoms with Gasteiger partial charge in [-0.3, -0.25) is 4.79 Å². The zero-order valence-corrected chi connectivity index (χ0v) is 10.4. The molecule has 0 bridgehead atoms. The van der Waals surface area contributed by atoms with Crippen LogP contribution in [0.25, 0.3) is 0 Å². The molecule has 0 atom stereocenters. The SMILES string of the molecule is CC(C(=O)NCc1nc(C)c(C)o1)=C1CNC1. The molecule has 1 saturated heterocycles. The summed E-state index contributed by atoms with van der Waals surface area (Å²) in [4.78, 5) is 16.0. The minimum atomic E-state index is -0.0463. The van der Waals surface area contributed by atoms with Crippen LogP contribution >= 0.6 is 0 Å². The number of rotatable bonds is 3. The van der Waals surface area contributed by atoms with Gasteiger partial charge in [-0.25, -0.2) is 4.98 Å². The molecule has 0 saturated carbocycles. The standard InChI is InChI=1S/C12H17N3O2/c1-7(10-4-13-5-10)12(16)14-6-11-15-8(2)9(3)17-11/h13H,4-6H2,1-3H3,(H,14,16). The van der Waals surface area contributed by atoms with Gasteiger partial charge in [-0.15, -0.1) is 0 Å². The highest BCUT2D eigenvalue weighted by Gasteiger charge is 2.16. The third-order valence-electron chi connectivity index (χ3n) is 3.02. The molecule has 5 heteroatoms. The molecule has 17 heavy (non-hydrogen) atoms. The van der Waals surface area contributed by atoms with Crippen molar-refractivity contribution in [3.8, 4) is 0 Å². The van der Waals surface area contributed by atoms with Crippen molar-refractivity contribution in [2.75, 3.05) is 13.1 Å². The Kier molecular flexibility index (Phi) is 3.28. The highest BCUT2D eigenvalue weighted by atomic mass is 16.4. The highest BCUT2D eigenvalue weighted by Crippen LogP contribution is 2.10. The number of hydrogen-bond donors (Lipinski definition) is 2. The van der Waals surface area contributed by atoms with Crippen molar-refractivity contribution in [1.82, 2.24) is 15.6 Å². The minimum absolute atomic E-state index is 0.0463. The predicted molar refractivity (Wildman–Crippen MR) is 63.4 cm³/mol. The first-order valence-electron chi connectivity index (χ1n) is 5.68. The molecule has 5 nitrogen and oxygen atoms in total. The van der Waals surface area contributed by atoms with E-state index in [1.165, 1.54) is 5.57 Å². The first kappa shape index (κ1) is 11.9. The molecule has 1 aromatic rings. The number of nitrogens with one attached hydrogen (secondary N) is 2. The normalized spacial score (nSPS) is 14.4. The lowest BCUT2D eigenvalue weighted by Crippen LogP contribution is -2.37. The maximum absolute atomic E-state index is 11.8. The second kappa shape index (κ2) is 4.71. The number of nitrogens with zero attached hydrogens (tertiary/aromatic N) is 1. The van der Waals surface area contributed by atoms with E-state index in [0.717, 1.165) is 30.1 Å². The van der Waals surface area contributed by atoms with Crippen molar-refractivity contribution >= 4 is 5.91 Å². The van der Waals surface area contributed by atoms with Gasteiger partial charge in [0.05, 0.1) is 12.2 Å². The molecule has 2 N–H and O–H groups in total. The van der Waals surface area contributed by atoms with Crippen LogP contribution in [0.3, 0.4) is 0 Å². The predicted octanol–water partition coefficient (Wildman–Crippen LogP) is 0.827. The number of amides is 1. The van der Waals surface area contributed by atoms with Crippen LogP contribution in [0.15, 0.2) is 15.6 Å². The van der Waals surface area contributed by atoms with E-state index < -0.39 is 0 Å². The minimum Gasteiger partial charge on any atom is -0.444 e. The third-order valence-corrected chi connectivity index (χ3v) is 3.02. The Bertz CT molecular complexity index is 449. The van der Waals surface area contributed by atoms with Crippen molar-refractivity contribution in [1.29, 1.82) is 0 Å². The summed E-state index contributed by atoms with van der Waals surface area (Å²) in [5, 5.41) is 5.92. The molecule has 1 aliphatic rings. The van der Waals surface area contributed by atoms with Gasteiger partial charge >= 0.3 is 0 Å². The first-order chi connectivity index (χ1) is 8.08. The zero-order chi connectivity index (χ0) is 12.4. The Balaban J connectivity index is 1.92. The molecule has 1 amide bonds. The summed E-state index contributed by atoms with van der Waals surface area (Å²) in [5.41, 5.74) is 2.83. The maximum Gasteiger partial charge on any atom is 0.247 e. The van der Waals surface area contributed by atoms with E-state index in [1.54, 1.807) is 0 Å². The Morgan fingerprint density at radius 2 is 2.18 bits per heavy atom. The Morgan fingerprint density at radius 1 is 1.47 bits per heavy atom. The third kappa shape index (κ3) is 2.55. The fourth-order valence-electron chi connectivity index (χ4n) is 1.58. The van der Waals surface area contributed by atoms with Gasteiger partial charge < -0.3 is 15.1 Å². The summed E-state index contributed by atoms with van der Waals surface area (Å²) >= 11 is 0. The fourth-order valence-corrected chi connectivity index (χ4v) is 1.58. The van der Waals surface area contributed by atoms with Crippen LogP contribution in [0.1, 0.15) is 24.3 Å². The van der Waals surface area contributed by atoms with Gasteiger partial charge in [0, 0.05) is 18.7 Å². The van der Waals surface area contributed by atoms with Gasteiger partial charge in [-0.05, 0) is 26.3 Å². The van der Waals surface area contributed by atoms with Gasteiger partial charge in [0.2, 0.25) is 11.8 Å². The van der Waals surface area contributed by atoms with Crippen molar-refractivity contribution in [2.24, 2.45) is 0 Å². The van der Waals surface area contributed by atoms with Crippen LogP contribution in [0.5, 0.6) is 0 Å². The van der Waals surface area contributed by atoms with Crippen molar-refractivity contribution < 1.29 is 9.21 Å². The summed E-state index contributed by atoms with van der Waals surface area (Å²) in [6.07, 6.45) is 0. The number of hydrogen-bond acceptors (Lipinski definition) is 4. The number of aromatic nitrogens is 1. The fraction of sp³-hybridized carbons (Fsp3) is 0.500. The molecular formula is C12H17N3O2. The number of oxazole rings is 1. The molecule has 1 aromatic heterocycles. The molecule has 92 valence electrons. The smallest absolute Gasteiger partial charge is 0.247 e. The summed E-state index contributed by atoms with van der Waals surface area (Å²) in [7, 11) is 0. The van der Waals surface area contributed by atoms with Crippen LogP contribution in [-0.2, 0) is 11.3 Å². The second-order valence-corrected chi connectivity index (χ2v) is 4.26. The monoisotopic (exact) mass is 235 g/mol. The largest absolute Gasteiger partial charge is 0.444 e. The van der Waals surface area contributed by atoms with E-state index in [4.69, 9.17) is 4.42 Å². The number of aryl methyl sites for hydroxylation is 2. The van der Waals surface area contributed by atoms with Crippen LogP contribution in [0.2, 0.25) is 0 Å². The molecule has 2 rings (SSSR count). The molecule has 0 radical (unpaired) electrons. The molecule has 0 unspecified atom stereocenters. The van der Waals surface area contributed by atoms with E-state index >= 15 is 0 Å². The lowest BCUT2D eigenvalue weighted by molar-refractivity contribution is -0.117. The highest BCUT2D eigenvalue weighted by molar-refractivity contribution is 5.93. The number of carbonyl (C=O) groups excluding carboxylic acids is 1.